The van der Waals surface area contributed by atoms with E-state index < -0.39 is 12.7 Å². The second kappa shape index (κ2) is 6.78. The molecule has 5 nitrogen and oxygen atoms in total. The van der Waals surface area contributed by atoms with Crippen molar-refractivity contribution in [3.8, 4) is 5.88 Å². The molecule has 1 N–H and O–H groups in total. The summed E-state index contributed by atoms with van der Waals surface area (Å²) in [5, 5.41) is 3.04. The Hall–Kier alpha value is -1.09. The molecule has 2 heterocycles. The Balaban J connectivity index is 1.82. The number of alkyl halides is 3. The van der Waals surface area contributed by atoms with Gasteiger partial charge in [-0.15, -0.1) is 0 Å². The summed E-state index contributed by atoms with van der Waals surface area (Å²) in [7, 11) is 1.50. The Bertz CT molecular complexity index is 486. The number of rotatable bonds is 5. The highest BCUT2D eigenvalue weighted by molar-refractivity contribution is 9.10. The molecule has 0 saturated carbocycles. The van der Waals surface area contributed by atoms with Crippen molar-refractivity contribution in [3.63, 3.8) is 0 Å². The SMILES string of the molecule is COc1nc(NCC2CCN(CC(F)(F)F)C2)ncc1Br. The highest BCUT2D eigenvalue weighted by Crippen LogP contribution is 2.24. The van der Waals surface area contributed by atoms with Gasteiger partial charge in [-0.05, 0) is 34.8 Å². The zero-order valence-electron chi connectivity index (χ0n) is 11.5. The molecular weight excluding hydrogens is 353 g/mol. The van der Waals surface area contributed by atoms with Crippen molar-refractivity contribution in [2.75, 3.05) is 38.6 Å². The minimum atomic E-state index is -4.13. The van der Waals surface area contributed by atoms with E-state index in [0.29, 0.717) is 35.9 Å². The van der Waals surface area contributed by atoms with Gasteiger partial charge in [0.2, 0.25) is 11.8 Å². The minimum Gasteiger partial charge on any atom is -0.480 e. The molecule has 0 spiro atoms. The first-order valence-electron chi connectivity index (χ1n) is 6.47. The number of hydrogen-bond acceptors (Lipinski definition) is 5. The third-order valence-corrected chi connectivity index (χ3v) is 3.77. The van der Waals surface area contributed by atoms with Crippen LogP contribution < -0.4 is 10.1 Å². The van der Waals surface area contributed by atoms with Crippen molar-refractivity contribution >= 4 is 21.9 Å². The third-order valence-electron chi connectivity index (χ3n) is 3.23. The molecule has 1 atom stereocenters. The highest BCUT2D eigenvalue weighted by atomic mass is 79.9. The van der Waals surface area contributed by atoms with E-state index in [-0.39, 0.29) is 5.92 Å². The van der Waals surface area contributed by atoms with Gasteiger partial charge in [0, 0.05) is 13.1 Å². The zero-order valence-corrected chi connectivity index (χ0v) is 13.0. The van der Waals surface area contributed by atoms with Crippen LogP contribution in [0.5, 0.6) is 5.88 Å². The lowest BCUT2D eigenvalue weighted by atomic mass is 10.1. The van der Waals surface area contributed by atoms with Crippen molar-refractivity contribution < 1.29 is 17.9 Å². The van der Waals surface area contributed by atoms with Crippen LogP contribution in [-0.2, 0) is 0 Å². The molecule has 1 aliphatic rings. The van der Waals surface area contributed by atoms with Gasteiger partial charge in [-0.1, -0.05) is 0 Å². The second-order valence-corrected chi connectivity index (χ2v) is 5.79. The van der Waals surface area contributed by atoms with E-state index in [2.05, 4.69) is 31.2 Å². The molecule has 21 heavy (non-hydrogen) atoms. The summed E-state index contributed by atoms with van der Waals surface area (Å²) in [4.78, 5) is 9.65. The van der Waals surface area contributed by atoms with Crippen molar-refractivity contribution in [2.45, 2.75) is 12.6 Å². The van der Waals surface area contributed by atoms with Gasteiger partial charge < -0.3 is 10.1 Å². The fraction of sp³-hybridized carbons (Fsp3) is 0.667. The van der Waals surface area contributed by atoms with E-state index in [9.17, 15) is 13.2 Å². The van der Waals surface area contributed by atoms with E-state index in [0.717, 1.165) is 6.42 Å². The lowest BCUT2D eigenvalue weighted by molar-refractivity contribution is -0.143. The van der Waals surface area contributed by atoms with Crippen LogP contribution >= 0.6 is 15.9 Å². The van der Waals surface area contributed by atoms with E-state index in [1.165, 1.54) is 12.0 Å². The van der Waals surface area contributed by atoms with E-state index >= 15 is 0 Å². The lowest BCUT2D eigenvalue weighted by Crippen LogP contribution is -2.33. The van der Waals surface area contributed by atoms with Gasteiger partial charge in [0.1, 0.15) is 0 Å². The summed E-state index contributed by atoms with van der Waals surface area (Å²) in [5.74, 6) is 0.979. The monoisotopic (exact) mass is 368 g/mol. The van der Waals surface area contributed by atoms with Gasteiger partial charge in [0.05, 0.1) is 24.3 Å². The van der Waals surface area contributed by atoms with Gasteiger partial charge in [-0.2, -0.15) is 18.2 Å². The molecule has 9 heteroatoms. The molecule has 2 rings (SSSR count). The number of likely N-dealkylation sites (tertiary alicyclic amines) is 1. The van der Waals surface area contributed by atoms with Gasteiger partial charge >= 0.3 is 6.18 Å². The maximum absolute atomic E-state index is 12.3. The molecule has 0 bridgehead atoms. The number of nitrogens with one attached hydrogen (secondary N) is 1. The largest absolute Gasteiger partial charge is 0.480 e. The first-order valence-corrected chi connectivity index (χ1v) is 7.26. The van der Waals surface area contributed by atoms with Crippen LogP contribution in [0, 0.1) is 5.92 Å². The number of ether oxygens (including phenoxy) is 1. The van der Waals surface area contributed by atoms with Crippen molar-refractivity contribution in [2.24, 2.45) is 5.92 Å². The molecule has 1 unspecified atom stereocenters. The second-order valence-electron chi connectivity index (χ2n) is 4.94. The summed E-state index contributed by atoms with van der Waals surface area (Å²) in [5.41, 5.74) is 0. The highest BCUT2D eigenvalue weighted by Gasteiger charge is 2.34. The molecule has 1 aliphatic heterocycles. The van der Waals surface area contributed by atoms with Crippen molar-refractivity contribution in [3.05, 3.63) is 10.7 Å². The molecule has 1 saturated heterocycles. The van der Waals surface area contributed by atoms with E-state index in [4.69, 9.17) is 4.74 Å². The number of halogens is 4. The molecule has 118 valence electrons. The number of nitrogens with zero attached hydrogens (tertiary/aromatic N) is 3. The molecule has 1 aromatic rings. The topological polar surface area (TPSA) is 50.3 Å². The van der Waals surface area contributed by atoms with Gasteiger partial charge in [0.25, 0.3) is 0 Å². The van der Waals surface area contributed by atoms with Crippen LogP contribution in [0.15, 0.2) is 10.7 Å². The molecule has 0 aliphatic carbocycles. The van der Waals surface area contributed by atoms with Crippen LogP contribution in [0.3, 0.4) is 0 Å². The van der Waals surface area contributed by atoms with E-state index in [1.54, 1.807) is 6.20 Å². The number of anilines is 1. The maximum Gasteiger partial charge on any atom is 0.401 e. The fourth-order valence-electron chi connectivity index (χ4n) is 2.29. The van der Waals surface area contributed by atoms with Gasteiger partial charge in [-0.25, -0.2) is 4.98 Å². The number of methoxy groups -OCH3 is 1. The average molecular weight is 369 g/mol. The Morgan fingerprint density at radius 2 is 2.29 bits per heavy atom. The van der Waals surface area contributed by atoms with Crippen LogP contribution in [0.2, 0.25) is 0 Å². The summed E-state index contributed by atoms with van der Waals surface area (Å²) >= 11 is 3.25. The summed E-state index contributed by atoms with van der Waals surface area (Å²) in [6.07, 6.45) is -1.83. The first-order chi connectivity index (χ1) is 9.87. The fourth-order valence-corrected chi connectivity index (χ4v) is 2.64. The molecular formula is C12H16BrF3N4O. The molecule has 0 amide bonds. The van der Waals surface area contributed by atoms with Gasteiger partial charge in [0.15, 0.2) is 0 Å². The van der Waals surface area contributed by atoms with Crippen molar-refractivity contribution in [1.29, 1.82) is 0 Å². The Labute approximate surface area is 129 Å². The van der Waals surface area contributed by atoms with Crippen LogP contribution in [-0.4, -0.2) is 54.3 Å². The summed E-state index contributed by atoms with van der Waals surface area (Å²) in [6.45, 7) is 0.599. The summed E-state index contributed by atoms with van der Waals surface area (Å²) < 4.78 is 42.6. The normalized spacial score (nSPS) is 19.8. The quantitative estimate of drug-likeness (QED) is 0.865. The molecule has 1 fully saturated rings. The molecule has 1 aromatic heterocycles. The summed E-state index contributed by atoms with van der Waals surface area (Å²) in [6, 6.07) is 0. The van der Waals surface area contributed by atoms with Crippen LogP contribution in [0.4, 0.5) is 19.1 Å². The third kappa shape index (κ3) is 4.99. The Kier molecular flexibility index (Phi) is 5.26. The number of hydrogen-bond donors (Lipinski definition) is 1. The standard InChI is InChI=1S/C12H16BrF3N4O/c1-21-10-9(13)5-18-11(19-10)17-4-8-2-3-20(6-8)7-12(14,15)16/h5,8H,2-4,6-7H2,1H3,(H,17,18,19). The molecule has 0 aromatic carbocycles. The smallest absolute Gasteiger partial charge is 0.401 e. The predicted octanol–water partition coefficient (Wildman–Crippen LogP) is 2.54. The van der Waals surface area contributed by atoms with Crippen molar-refractivity contribution in [1.82, 2.24) is 14.9 Å². The zero-order chi connectivity index (χ0) is 15.5. The van der Waals surface area contributed by atoms with Crippen LogP contribution in [0.1, 0.15) is 6.42 Å². The van der Waals surface area contributed by atoms with E-state index in [1.807, 2.05) is 0 Å². The number of aromatic nitrogens is 2. The first kappa shape index (κ1) is 16.3. The van der Waals surface area contributed by atoms with Crippen LogP contribution in [0.25, 0.3) is 0 Å². The minimum absolute atomic E-state index is 0.158. The lowest BCUT2D eigenvalue weighted by Gasteiger charge is -2.18. The van der Waals surface area contributed by atoms with Gasteiger partial charge in [-0.3, -0.25) is 4.90 Å². The Morgan fingerprint density at radius 1 is 1.52 bits per heavy atom. The predicted molar refractivity (Wildman–Crippen MR) is 75.4 cm³/mol. The maximum atomic E-state index is 12.3. The Morgan fingerprint density at radius 3 is 2.95 bits per heavy atom. The average Bonchev–Trinajstić information content (AvgIpc) is 2.83. The molecule has 0 radical (unpaired) electrons.